The lowest BCUT2D eigenvalue weighted by Crippen LogP contribution is -2.10. The Labute approximate surface area is 118 Å². The standard InChI is InChI=1S/C17H17NO2/c1-11-5-3-7-13-10-15(20-17(11)13)16(18)12-6-4-8-14(9-12)19-2/h3-10,16H,18H2,1-2H3. The van der Waals surface area contributed by atoms with E-state index in [1.54, 1.807) is 7.11 Å². The summed E-state index contributed by atoms with van der Waals surface area (Å²) in [5.41, 5.74) is 9.30. The Morgan fingerprint density at radius 2 is 1.90 bits per heavy atom. The third-order valence-electron chi connectivity index (χ3n) is 3.52. The lowest BCUT2D eigenvalue weighted by molar-refractivity contribution is 0.413. The van der Waals surface area contributed by atoms with Crippen molar-refractivity contribution in [2.75, 3.05) is 7.11 Å². The molecule has 0 bridgehead atoms. The van der Waals surface area contributed by atoms with Crippen LogP contribution in [0.15, 0.2) is 52.9 Å². The van der Waals surface area contributed by atoms with Gasteiger partial charge in [-0.3, -0.25) is 0 Å². The molecule has 0 saturated carbocycles. The Morgan fingerprint density at radius 1 is 1.10 bits per heavy atom. The second-order valence-corrected chi connectivity index (χ2v) is 4.90. The Kier molecular flexibility index (Phi) is 3.20. The highest BCUT2D eigenvalue weighted by Gasteiger charge is 2.15. The van der Waals surface area contributed by atoms with Crippen molar-refractivity contribution in [1.29, 1.82) is 0 Å². The second kappa shape index (κ2) is 5.02. The normalized spacial score (nSPS) is 12.6. The van der Waals surface area contributed by atoms with Gasteiger partial charge in [0.15, 0.2) is 0 Å². The highest BCUT2D eigenvalue weighted by molar-refractivity contribution is 5.81. The topological polar surface area (TPSA) is 48.4 Å². The quantitative estimate of drug-likeness (QED) is 0.785. The van der Waals surface area contributed by atoms with Crippen LogP contribution >= 0.6 is 0 Å². The van der Waals surface area contributed by atoms with E-state index >= 15 is 0 Å². The van der Waals surface area contributed by atoms with Gasteiger partial charge in [0, 0.05) is 5.39 Å². The molecule has 0 radical (unpaired) electrons. The smallest absolute Gasteiger partial charge is 0.137 e. The van der Waals surface area contributed by atoms with Gasteiger partial charge >= 0.3 is 0 Å². The molecule has 3 rings (SSSR count). The maximum absolute atomic E-state index is 6.30. The number of hydrogen-bond acceptors (Lipinski definition) is 3. The lowest BCUT2D eigenvalue weighted by atomic mass is 10.0. The van der Waals surface area contributed by atoms with E-state index in [4.69, 9.17) is 14.9 Å². The summed E-state index contributed by atoms with van der Waals surface area (Å²) in [5.74, 6) is 1.56. The van der Waals surface area contributed by atoms with Crippen LogP contribution in [0.5, 0.6) is 5.75 Å². The van der Waals surface area contributed by atoms with Gasteiger partial charge in [-0.15, -0.1) is 0 Å². The lowest BCUT2D eigenvalue weighted by Gasteiger charge is -2.10. The summed E-state index contributed by atoms with van der Waals surface area (Å²) >= 11 is 0. The molecule has 2 N–H and O–H groups in total. The molecule has 0 amide bonds. The van der Waals surface area contributed by atoms with Crippen LogP contribution in [-0.4, -0.2) is 7.11 Å². The summed E-state index contributed by atoms with van der Waals surface area (Å²) in [4.78, 5) is 0. The molecule has 0 aliphatic heterocycles. The van der Waals surface area contributed by atoms with Gasteiger partial charge in [-0.1, -0.05) is 30.3 Å². The van der Waals surface area contributed by atoms with Gasteiger partial charge in [0.25, 0.3) is 0 Å². The van der Waals surface area contributed by atoms with Crippen molar-refractivity contribution in [3.63, 3.8) is 0 Å². The van der Waals surface area contributed by atoms with Crippen LogP contribution in [0, 0.1) is 6.92 Å². The number of ether oxygens (including phenoxy) is 1. The number of furan rings is 1. The first-order valence-corrected chi connectivity index (χ1v) is 6.57. The molecule has 1 unspecified atom stereocenters. The number of rotatable bonds is 3. The molecule has 1 atom stereocenters. The van der Waals surface area contributed by atoms with Crippen molar-refractivity contribution >= 4 is 11.0 Å². The fourth-order valence-corrected chi connectivity index (χ4v) is 2.38. The number of aryl methyl sites for hydroxylation is 1. The van der Waals surface area contributed by atoms with Gasteiger partial charge < -0.3 is 14.9 Å². The number of hydrogen-bond donors (Lipinski definition) is 1. The molecule has 0 spiro atoms. The predicted molar refractivity (Wildman–Crippen MR) is 80.0 cm³/mol. The molecular weight excluding hydrogens is 250 g/mol. The summed E-state index contributed by atoms with van der Waals surface area (Å²) in [6, 6.07) is 15.6. The highest BCUT2D eigenvalue weighted by Crippen LogP contribution is 2.29. The van der Waals surface area contributed by atoms with E-state index in [9.17, 15) is 0 Å². The number of nitrogens with two attached hydrogens (primary N) is 1. The molecule has 20 heavy (non-hydrogen) atoms. The van der Waals surface area contributed by atoms with Crippen LogP contribution in [0.1, 0.15) is 22.9 Å². The zero-order valence-electron chi connectivity index (χ0n) is 11.6. The summed E-state index contributed by atoms with van der Waals surface area (Å²) in [7, 11) is 1.65. The van der Waals surface area contributed by atoms with Crippen LogP contribution in [0.25, 0.3) is 11.0 Å². The number of benzene rings is 2. The minimum absolute atomic E-state index is 0.295. The van der Waals surface area contributed by atoms with Crippen LogP contribution in [0.4, 0.5) is 0 Å². The summed E-state index contributed by atoms with van der Waals surface area (Å²) in [6.07, 6.45) is 0. The molecule has 3 nitrogen and oxygen atoms in total. The first kappa shape index (κ1) is 12.8. The molecule has 0 fully saturated rings. The summed E-state index contributed by atoms with van der Waals surface area (Å²) in [5, 5.41) is 1.08. The highest BCUT2D eigenvalue weighted by atomic mass is 16.5. The van der Waals surface area contributed by atoms with Crippen molar-refractivity contribution in [3.05, 3.63) is 65.4 Å². The van der Waals surface area contributed by atoms with E-state index in [1.165, 1.54) is 0 Å². The molecule has 0 aliphatic rings. The first-order chi connectivity index (χ1) is 9.69. The first-order valence-electron chi connectivity index (χ1n) is 6.57. The fourth-order valence-electron chi connectivity index (χ4n) is 2.38. The van der Waals surface area contributed by atoms with E-state index < -0.39 is 0 Å². The third-order valence-corrected chi connectivity index (χ3v) is 3.52. The monoisotopic (exact) mass is 267 g/mol. The maximum atomic E-state index is 6.30. The van der Waals surface area contributed by atoms with E-state index in [2.05, 4.69) is 0 Å². The molecule has 0 saturated heterocycles. The summed E-state index contributed by atoms with van der Waals surface area (Å²) in [6.45, 7) is 2.03. The largest absolute Gasteiger partial charge is 0.497 e. The number of fused-ring (bicyclic) bond motifs is 1. The Morgan fingerprint density at radius 3 is 2.65 bits per heavy atom. The zero-order chi connectivity index (χ0) is 14.1. The Hall–Kier alpha value is -2.26. The van der Waals surface area contributed by atoms with Crippen LogP contribution in [-0.2, 0) is 0 Å². The van der Waals surface area contributed by atoms with E-state index in [-0.39, 0.29) is 6.04 Å². The van der Waals surface area contributed by atoms with Crippen LogP contribution < -0.4 is 10.5 Å². The number of methoxy groups -OCH3 is 1. The Bertz CT molecular complexity index is 746. The molecular formula is C17H17NO2. The SMILES string of the molecule is COc1cccc(C(N)c2cc3cccc(C)c3o2)c1. The van der Waals surface area contributed by atoms with Crippen LogP contribution in [0.2, 0.25) is 0 Å². The summed E-state index contributed by atoms with van der Waals surface area (Å²) < 4.78 is 11.2. The molecule has 2 aromatic carbocycles. The van der Waals surface area contributed by atoms with Crippen molar-refractivity contribution in [1.82, 2.24) is 0 Å². The molecule has 3 heteroatoms. The fraction of sp³-hybridized carbons (Fsp3) is 0.176. The average Bonchev–Trinajstić information content (AvgIpc) is 2.92. The van der Waals surface area contributed by atoms with Crippen molar-refractivity contribution in [2.24, 2.45) is 5.73 Å². The predicted octanol–water partition coefficient (Wildman–Crippen LogP) is 3.80. The molecule has 102 valence electrons. The molecule has 1 aromatic heterocycles. The molecule has 1 heterocycles. The average molecular weight is 267 g/mol. The maximum Gasteiger partial charge on any atom is 0.137 e. The minimum Gasteiger partial charge on any atom is -0.497 e. The van der Waals surface area contributed by atoms with Gasteiger partial charge in [-0.2, -0.15) is 0 Å². The van der Waals surface area contributed by atoms with Gasteiger partial charge in [0.1, 0.15) is 17.1 Å². The molecule has 0 aliphatic carbocycles. The Balaban J connectivity index is 2.03. The number of para-hydroxylation sites is 1. The molecule has 3 aromatic rings. The van der Waals surface area contributed by atoms with E-state index in [0.717, 1.165) is 33.6 Å². The van der Waals surface area contributed by atoms with Gasteiger partial charge in [0.05, 0.1) is 13.2 Å². The van der Waals surface area contributed by atoms with Gasteiger partial charge in [-0.25, -0.2) is 0 Å². The van der Waals surface area contributed by atoms with Gasteiger partial charge in [-0.05, 0) is 36.2 Å². The van der Waals surface area contributed by atoms with Crippen LogP contribution in [0.3, 0.4) is 0 Å². The second-order valence-electron chi connectivity index (χ2n) is 4.90. The third kappa shape index (κ3) is 2.17. The van der Waals surface area contributed by atoms with E-state index in [1.807, 2.05) is 55.5 Å². The minimum atomic E-state index is -0.295. The van der Waals surface area contributed by atoms with E-state index in [0.29, 0.717) is 0 Å². The van der Waals surface area contributed by atoms with Crippen molar-refractivity contribution < 1.29 is 9.15 Å². The zero-order valence-corrected chi connectivity index (χ0v) is 11.6. The van der Waals surface area contributed by atoms with Crippen molar-refractivity contribution in [3.8, 4) is 5.75 Å². The van der Waals surface area contributed by atoms with Gasteiger partial charge in [0.2, 0.25) is 0 Å². The van der Waals surface area contributed by atoms with Crippen molar-refractivity contribution in [2.45, 2.75) is 13.0 Å².